The van der Waals surface area contributed by atoms with Crippen molar-refractivity contribution in [2.75, 3.05) is 33.2 Å². The van der Waals surface area contributed by atoms with Gasteiger partial charge in [0, 0.05) is 31.7 Å². The summed E-state index contributed by atoms with van der Waals surface area (Å²) < 4.78 is 12.8. The number of nitrogens with one attached hydrogen (secondary N) is 1. The number of piperazine rings is 1. The predicted molar refractivity (Wildman–Crippen MR) is 72.4 cm³/mol. The van der Waals surface area contributed by atoms with Gasteiger partial charge < -0.3 is 4.90 Å². The summed E-state index contributed by atoms with van der Waals surface area (Å²) in [6.45, 7) is 5.62. The largest absolute Gasteiger partial charge is 0.304 e. The molecule has 0 aliphatic carbocycles. The van der Waals surface area contributed by atoms with Crippen molar-refractivity contribution in [3.8, 4) is 0 Å². The second-order valence-corrected chi connectivity index (χ2v) is 5.01. The first-order valence-corrected chi connectivity index (χ1v) is 6.55. The quantitative estimate of drug-likeness (QED) is 0.828. The van der Waals surface area contributed by atoms with Gasteiger partial charge in [-0.2, -0.15) is 0 Å². The molecule has 19 heavy (non-hydrogen) atoms. The Morgan fingerprint density at radius 1 is 1.21 bits per heavy atom. The molecule has 0 amide bonds. The van der Waals surface area contributed by atoms with E-state index in [1.807, 2.05) is 6.92 Å². The summed E-state index contributed by atoms with van der Waals surface area (Å²) in [4.78, 5) is 14.4. The average molecular weight is 265 g/mol. The average Bonchev–Trinajstić information content (AvgIpc) is 2.41. The molecular formula is C14H20FN3O. The van der Waals surface area contributed by atoms with Crippen LogP contribution in [-0.4, -0.2) is 55.0 Å². The van der Waals surface area contributed by atoms with E-state index in [9.17, 15) is 9.18 Å². The summed E-state index contributed by atoms with van der Waals surface area (Å²) >= 11 is 0. The summed E-state index contributed by atoms with van der Waals surface area (Å²) in [5, 5.41) is 2.08. The highest BCUT2D eigenvalue weighted by atomic mass is 19.1. The molecule has 0 radical (unpaired) electrons. The molecule has 1 heterocycles. The Kier molecular flexibility index (Phi) is 4.63. The van der Waals surface area contributed by atoms with Crippen molar-refractivity contribution in [1.82, 2.24) is 15.3 Å². The van der Waals surface area contributed by atoms with Crippen molar-refractivity contribution >= 4 is 5.78 Å². The number of hydrogen-bond donors (Lipinski definition) is 1. The summed E-state index contributed by atoms with van der Waals surface area (Å²) in [7, 11) is 2.09. The minimum absolute atomic E-state index is 0.0149. The van der Waals surface area contributed by atoms with Crippen molar-refractivity contribution in [3.05, 3.63) is 35.6 Å². The lowest BCUT2D eigenvalue weighted by Gasteiger charge is -2.34. The lowest BCUT2D eigenvalue weighted by Crippen LogP contribution is -2.54. The van der Waals surface area contributed by atoms with Crippen LogP contribution in [0.15, 0.2) is 24.3 Å². The first kappa shape index (κ1) is 14.1. The van der Waals surface area contributed by atoms with Crippen LogP contribution in [0.4, 0.5) is 4.39 Å². The highest BCUT2D eigenvalue weighted by Gasteiger charge is 2.20. The van der Waals surface area contributed by atoms with E-state index in [0.717, 1.165) is 26.2 Å². The smallest absolute Gasteiger partial charge is 0.180 e. The predicted octanol–water partition coefficient (Wildman–Crippen LogP) is 1.15. The number of carbonyl (C=O) groups excluding carboxylic acids is 1. The Bertz CT molecular complexity index is 427. The molecule has 1 saturated heterocycles. The van der Waals surface area contributed by atoms with Crippen LogP contribution in [0.3, 0.4) is 0 Å². The molecule has 1 aliphatic rings. The highest BCUT2D eigenvalue weighted by Crippen LogP contribution is 2.07. The van der Waals surface area contributed by atoms with Crippen molar-refractivity contribution < 1.29 is 9.18 Å². The van der Waals surface area contributed by atoms with Gasteiger partial charge in [0.2, 0.25) is 0 Å². The fourth-order valence-electron chi connectivity index (χ4n) is 2.13. The number of hydrogen-bond acceptors (Lipinski definition) is 4. The van der Waals surface area contributed by atoms with Crippen LogP contribution in [0.5, 0.6) is 0 Å². The Balaban J connectivity index is 1.90. The maximum absolute atomic E-state index is 12.8. The van der Waals surface area contributed by atoms with Gasteiger partial charge >= 0.3 is 0 Å². The van der Waals surface area contributed by atoms with E-state index in [2.05, 4.69) is 22.4 Å². The van der Waals surface area contributed by atoms with E-state index in [1.54, 1.807) is 0 Å². The van der Waals surface area contributed by atoms with Gasteiger partial charge in [-0.05, 0) is 38.2 Å². The summed E-state index contributed by atoms with van der Waals surface area (Å²) in [6, 6.07) is 5.39. The van der Waals surface area contributed by atoms with Gasteiger partial charge in [-0.1, -0.05) is 0 Å². The zero-order chi connectivity index (χ0) is 13.8. The third-order valence-corrected chi connectivity index (χ3v) is 3.40. The van der Waals surface area contributed by atoms with E-state index in [1.165, 1.54) is 24.3 Å². The number of Topliss-reactive ketones (excluding diaryl/α,β-unsaturated/α-hetero) is 1. The van der Waals surface area contributed by atoms with Crippen molar-refractivity contribution in [2.45, 2.75) is 13.0 Å². The number of nitrogens with zero attached hydrogens (tertiary/aromatic N) is 2. The molecule has 104 valence electrons. The van der Waals surface area contributed by atoms with E-state index in [0.29, 0.717) is 5.56 Å². The second-order valence-electron chi connectivity index (χ2n) is 5.01. The molecule has 1 N–H and O–H groups in total. The normalized spacial score (nSPS) is 19.3. The van der Waals surface area contributed by atoms with Gasteiger partial charge in [0.15, 0.2) is 5.78 Å². The lowest BCUT2D eigenvalue weighted by atomic mass is 10.1. The van der Waals surface area contributed by atoms with Gasteiger partial charge in [0.05, 0.1) is 6.04 Å². The number of benzene rings is 1. The Morgan fingerprint density at radius 2 is 1.79 bits per heavy atom. The SMILES string of the molecule is CC(NN1CCN(C)CC1)C(=O)c1ccc(F)cc1. The molecule has 0 spiro atoms. The zero-order valence-corrected chi connectivity index (χ0v) is 11.4. The molecule has 1 atom stereocenters. The lowest BCUT2D eigenvalue weighted by molar-refractivity contribution is 0.0718. The van der Waals surface area contributed by atoms with E-state index >= 15 is 0 Å². The van der Waals surface area contributed by atoms with Crippen LogP contribution >= 0.6 is 0 Å². The van der Waals surface area contributed by atoms with Gasteiger partial charge in [-0.25, -0.2) is 14.8 Å². The van der Waals surface area contributed by atoms with Gasteiger partial charge in [0.25, 0.3) is 0 Å². The van der Waals surface area contributed by atoms with Crippen LogP contribution in [-0.2, 0) is 0 Å². The third-order valence-electron chi connectivity index (χ3n) is 3.40. The molecule has 5 heteroatoms. The topological polar surface area (TPSA) is 35.6 Å². The fraction of sp³-hybridized carbons (Fsp3) is 0.500. The third kappa shape index (κ3) is 3.83. The molecule has 1 fully saturated rings. The molecular weight excluding hydrogens is 245 g/mol. The minimum atomic E-state index is -0.323. The Morgan fingerprint density at radius 3 is 2.37 bits per heavy atom. The molecule has 1 aromatic carbocycles. The minimum Gasteiger partial charge on any atom is -0.304 e. The fourth-order valence-corrected chi connectivity index (χ4v) is 2.13. The van der Waals surface area contributed by atoms with Gasteiger partial charge in [-0.15, -0.1) is 0 Å². The summed E-state index contributed by atoms with van der Waals surface area (Å²) in [6.07, 6.45) is 0. The number of ketones is 1. The molecule has 1 unspecified atom stereocenters. The number of carbonyl (C=O) groups is 1. The second kappa shape index (κ2) is 6.23. The first-order chi connectivity index (χ1) is 9.06. The van der Waals surface area contributed by atoms with Crippen molar-refractivity contribution in [3.63, 3.8) is 0 Å². The maximum atomic E-state index is 12.8. The molecule has 1 aliphatic heterocycles. The van der Waals surface area contributed by atoms with Crippen LogP contribution in [0, 0.1) is 5.82 Å². The monoisotopic (exact) mass is 265 g/mol. The number of likely N-dealkylation sites (N-methyl/N-ethyl adjacent to an activating group) is 1. The Hall–Kier alpha value is -1.30. The van der Waals surface area contributed by atoms with Crippen LogP contribution < -0.4 is 5.43 Å². The number of hydrazine groups is 1. The zero-order valence-electron chi connectivity index (χ0n) is 11.4. The molecule has 0 aromatic heterocycles. The molecule has 1 aromatic rings. The summed E-state index contributed by atoms with van der Waals surface area (Å²) in [5.74, 6) is -0.338. The molecule has 4 nitrogen and oxygen atoms in total. The standard InChI is InChI=1S/C14H20FN3O/c1-11(16-18-9-7-17(2)8-10-18)14(19)12-3-5-13(15)6-4-12/h3-6,11,16H,7-10H2,1-2H3. The Labute approximate surface area is 113 Å². The highest BCUT2D eigenvalue weighted by molar-refractivity contribution is 5.99. The van der Waals surface area contributed by atoms with Crippen molar-refractivity contribution in [1.29, 1.82) is 0 Å². The van der Waals surface area contributed by atoms with E-state index < -0.39 is 0 Å². The maximum Gasteiger partial charge on any atom is 0.180 e. The van der Waals surface area contributed by atoms with Gasteiger partial charge in [-0.3, -0.25) is 4.79 Å². The number of halogens is 1. The van der Waals surface area contributed by atoms with Crippen LogP contribution in [0.2, 0.25) is 0 Å². The summed E-state index contributed by atoms with van der Waals surface area (Å²) in [5.41, 5.74) is 3.75. The van der Waals surface area contributed by atoms with Crippen LogP contribution in [0.1, 0.15) is 17.3 Å². The van der Waals surface area contributed by atoms with Crippen LogP contribution in [0.25, 0.3) is 0 Å². The number of rotatable bonds is 4. The van der Waals surface area contributed by atoms with Crippen molar-refractivity contribution in [2.24, 2.45) is 0 Å². The first-order valence-electron chi connectivity index (χ1n) is 6.55. The molecule has 0 saturated carbocycles. The molecule has 0 bridgehead atoms. The van der Waals surface area contributed by atoms with E-state index in [-0.39, 0.29) is 17.6 Å². The molecule has 2 rings (SSSR count). The van der Waals surface area contributed by atoms with Gasteiger partial charge in [0.1, 0.15) is 5.82 Å². The van der Waals surface area contributed by atoms with E-state index in [4.69, 9.17) is 0 Å².